The number of benzene rings is 2. The van der Waals surface area contributed by atoms with E-state index in [1.807, 2.05) is 18.2 Å². The van der Waals surface area contributed by atoms with Gasteiger partial charge in [-0.15, -0.1) is 0 Å². The van der Waals surface area contributed by atoms with Crippen molar-refractivity contribution in [3.8, 4) is 5.75 Å². The molecule has 3 nitrogen and oxygen atoms in total. The van der Waals surface area contributed by atoms with Gasteiger partial charge in [0.05, 0.1) is 13.0 Å². The Labute approximate surface area is 139 Å². The van der Waals surface area contributed by atoms with Gasteiger partial charge in [-0.25, -0.2) is 0 Å². The molecule has 0 spiro atoms. The van der Waals surface area contributed by atoms with Crippen LogP contribution in [0.5, 0.6) is 5.75 Å². The van der Waals surface area contributed by atoms with Crippen LogP contribution in [0.15, 0.2) is 36.4 Å². The Morgan fingerprint density at radius 3 is 2.45 bits per heavy atom. The van der Waals surface area contributed by atoms with Crippen molar-refractivity contribution < 1.29 is 9.53 Å². The van der Waals surface area contributed by atoms with Gasteiger partial charge in [0.25, 0.3) is 0 Å². The van der Waals surface area contributed by atoms with Crippen LogP contribution < -0.4 is 4.74 Å². The predicted octanol–water partition coefficient (Wildman–Crippen LogP) is 4.11. The Morgan fingerprint density at radius 1 is 1.14 bits per heavy atom. The number of carbonyl (C=O) groups is 1. The van der Waals surface area contributed by atoms with Crippen LogP contribution in [-0.4, -0.2) is 25.0 Å². The molecule has 22 heavy (non-hydrogen) atoms. The van der Waals surface area contributed by atoms with Gasteiger partial charge in [0.2, 0.25) is 5.91 Å². The molecule has 0 radical (unpaired) electrons. The molecule has 1 amide bonds. The first-order valence-corrected chi connectivity index (χ1v) is 7.63. The summed E-state index contributed by atoms with van der Waals surface area (Å²) in [5.74, 6) is 0.427. The van der Waals surface area contributed by atoms with Crippen LogP contribution in [0, 0.1) is 0 Å². The van der Waals surface area contributed by atoms with Gasteiger partial charge in [0, 0.05) is 23.6 Å². The van der Waals surface area contributed by atoms with E-state index in [-0.39, 0.29) is 5.91 Å². The lowest BCUT2D eigenvalue weighted by Crippen LogP contribution is -2.37. The van der Waals surface area contributed by atoms with Gasteiger partial charge in [0.15, 0.2) is 0 Å². The number of carbonyl (C=O) groups excluding carboxylic acids is 1. The summed E-state index contributed by atoms with van der Waals surface area (Å²) in [6.07, 6.45) is 0. The Hall–Kier alpha value is -1.71. The maximum absolute atomic E-state index is 12.7. The standard InChI is InChI=1S/C17H15Cl2NO2/c1-20-9-11-7-14(22-2)3-4-15(11)16(17(20)21)10-5-12(18)8-13(19)6-10/h3-8,16H,9H2,1-2H3. The first-order valence-electron chi connectivity index (χ1n) is 6.87. The summed E-state index contributed by atoms with van der Waals surface area (Å²) in [6.45, 7) is 0.566. The zero-order valence-corrected chi connectivity index (χ0v) is 13.8. The fraction of sp³-hybridized carbons (Fsp3) is 0.235. The van der Waals surface area contributed by atoms with E-state index in [4.69, 9.17) is 27.9 Å². The fourth-order valence-electron chi connectivity index (χ4n) is 2.88. The Morgan fingerprint density at radius 2 is 1.82 bits per heavy atom. The second-order valence-corrected chi connectivity index (χ2v) is 6.27. The van der Waals surface area contributed by atoms with Gasteiger partial charge in [-0.1, -0.05) is 29.3 Å². The first-order chi connectivity index (χ1) is 10.5. The number of rotatable bonds is 2. The van der Waals surface area contributed by atoms with Gasteiger partial charge in [-0.2, -0.15) is 0 Å². The van der Waals surface area contributed by atoms with Gasteiger partial charge in [-0.05, 0) is 47.0 Å². The Kier molecular flexibility index (Phi) is 4.02. The van der Waals surface area contributed by atoms with Crippen molar-refractivity contribution in [1.82, 2.24) is 4.90 Å². The lowest BCUT2D eigenvalue weighted by molar-refractivity contribution is -0.131. The van der Waals surface area contributed by atoms with Crippen LogP contribution in [-0.2, 0) is 11.3 Å². The van der Waals surface area contributed by atoms with E-state index in [1.54, 1.807) is 37.3 Å². The maximum Gasteiger partial charge on any atom is 0.234 e. The largest absolute Gasteiger partial charge is 0.497 e. The van der Waals surface area contributed by atoms with E-state index in [9.17, 15) is 4.79 Å². The number of hydrogen-bond donors (Lipinski definition) is 0. The van der Waals surface area contributed by atoms with E-state index in [0.717, 1.165) is 22.4 Å². The van der Waals surface area contributed by atoms with E-state index >= 15 is 0 Å². The molecule has 0 saturated heterocycles. The van der Waals surface area contributed by atoms with Crippen molar-refractivity contribution in [2.75, 3.05) is 14.2 Å². The summed E-state index contributed by atoms with van der Waals surface area (Å²) in [7, 11) is 3.43. The molecule has 0 saturated carbocycles. The van der Waals surface area contributed by atoms with Gasteiger partial charge in [0.1, 0.15) is 5.75 Å². The molecule has 0 aromatic heterocycles. The molecule has 2 aromatic carbocycles. The van der Waals surface area contributed by atoms with Crippen LogP contribution in [0.3, 0.4) is 0 Å². The maximum atomic E-state index is 12.7. The highest BCUT2D eigenvalue weighted by molar-refractivity contribution is 6.34. The summed E-state index contributed by atoms with van der Waals surface area (Å²) < 4.78 is 5.28. The third-order valence-electron chi connectivity index (χ3n) is 3.91. The quantitative estimate of drug-likeness (QED) is 0.826. The molecule has 1 aliphatic heterocycles. The minimum Gasteiger partial charge on any atom is -0.497 e. The number of halogens is 2. The number of amides is 1. The molecule has 5 heteroatoms. The molecule has 2 aromatic rings. The summed E-state index contributed by atoms with van der Waals surface area (Å²) in [6, 6.07) is 11.0. The number of hydrogen-bond acceptors (Lipinski definition) is 2. The zero-order valence-electron chi connectivity index (χ0n) is 12.3. The summed E-state index contributed by atoms with van der Waals surface area (Å²) >= 11 is 12.2. The zero-order chi connectivity index (χ0) is 15.9. The van der Waals surface area contributed by atoms with Crippen LogP contribution in [0.4, 0.5) is 0 Å². The van der Waals surface area contributed by atoms with Crippen LogP contribution in [0.2, 0.25) is 10.0 Å². The molecular formula is C17H15Cl2NO2. The molecule has 0 fully saturated rings. The van der Waals surface area contributed by atoms with Crippen LogP contribution in [0.1, 0.15) is 22.6 Å². The molecule has 1 unspecified atom stereocenters. The van der Waals surface area contributed by atoms with E-state index in [2.05, 4.69) is 0 Å². The molecule has 114 valence electrons. The SMILES string of the molecule is COc1ccc2c(c1)CN(C)C(=O)C2c1cc(Cl)cc(Cl)c1. The normalized spacial score (nSPS) is 17.4. The first kappa shape index (κ1) is 15.2. The second kappa shape index (κ2) is 5.82. The summed E-state index contributed by atoms with van der Waals surface area (Å²) in [5.41, 5.74) is 2.85. The van der Waals surface area contributed by atoms with Crippen molar-refractivity contribution >= 4 is 29.1 Å². The van der Waals surface area contributed by atoms with E-state index in [0.29, 0.717) is 16.6 Å². The average molecular weight is 336 g/mol. The Bertz CT molecular complexity index is 725. The number of likely N-dealkylation sites (N-methyl/N-ethyl adjacent to an activating group) is 1. The van der Waals surface area contributed by atoms with Crippen molar-refractivity contribution in [3.05, 3.63) is 63.1 Å². The molecule has 0 aliphatic carbocycles. The van der Waals surface area contributed by atoms with Gasteiger partial charge in [-0.3, -0.25) is 4.79 Å². The lowest BCUT2D eigenvalue weighted by atomic mass is 9.84. The van der Waals surface area contributed by atoms with E-state index < -0.39 is 5.92 Å². The molecule has 1 heterocycles. The molecule has 3 rings (SSSR count). The molecule has 0 bridgehead atoms. The lowest BCUT2D eigenvalue weighted by Gasteiger charge is -2.32. The smallest absolute Gasteiger partial charge is 0.234 e. The molecule has 0 N–H and O–H groups in total. The van der Waals surface area contributed by atoms with Crippen molar-refractivity contribution in [2.45, 2.75) is 12.5 Å². The molecular weight excluding hydrogens is 321 g/mol. The van der Waals surface area contributed by atoms with Crippen LogP contribution in [0.25, 0.3) is 0 Å². The number of methoxy groups -OCH3 is 1. The third kappa shape index (κ3) is 2.67. The van der Waals surface area contributed by atoms with Crippen LogP contribution >= 0.6 is 23.2 Å². The minimum absolute atomic E-state index is 0.0380. The van der Waals surface area contributed by atoms with Gasteiger partial charge >= 0.3 is 0 Å². The number of fused-ring (bicyclic) bond motifs is 1. The molecule has 1 atom stereocenters. The fourth-order valence-corrected chi connectivity index (χ4v) is 3.42. The average Bonchev–Trinajstić information content (AvgIpc) is 2.47. The Balaban J connectivity index is 2.16. The highest BCUT2D eigenvalue weighted by Gasteiger charge is 2.33. The number of ether oxygens (including phenoxy) is 1. The van der Waals surface area contributed by atoms with Crippen molar-refractivity contribution in [3.63, 3.8) is 0 Å². The second-order valence-electron chi connectivity index (χ2n) is 5.39. The third-order valence-corrected chi connectivity index (χ3v) is 4.35. The minimum atomic E-state index is -0.393. The predicted molar refractivity (Wildman–Crippen MR) is 87.8 cm³/mol. The highest BCUT2D eigenvalue weighted by atomic mass is 35.5. The van der Waals surface area contributed by atoms with Crippen molar-refractivity contribution in [2.24, 2.45) is 0 Å². The summed E-state index contributed by atoms with van der Waals surface area (Å²) in [4.78, 5) is 14.4. The summed E-state index contributed by atoms with van der Waals surface area (Å²) in [5, 5.41) is 1.05. The van der Waals surface area contributed by atoms with E-state index in [1.165, 1.54) is 0 Å². The monoisotopic (exact) mass is 335 g/mol. The van der Waals surface area contributed by atoms with Gasteiger partial charge < -0.3 is 9.64 Å². The molecule has 1 aliphatic rings. The number of nitrogens with zero attached hydrogens (tertiary/aromatic N) is 1. The highest BCUT2D eigenvalue weighted by Crippen LogP contribution is 2.37. The topological polar surface area (TPSA) is 29.5 Å². The van der Waals surface area contributed by atoms with Crippen molar-refractivity contribution in [1.29, 1.82) is 0 Å².